The van der Waals surface area contributed by atoms with Gasteiger partial charge in [-0.2, -0.15) is 0 Å². The molecule has 2 aromatic rings. The molecule has 0 radical (unpaired) electrons. The van der Waals surface area contributed by atoms with Crippen molar-refractivity contribution < 1.29 is 13.9 Å². The third-order valence-electron chi connectivity index (χ3n) is 2.90. The normalized spacial score (nSPS) is 10.2. The van der Waals surface area contributed by atoms with Crippen LogP contribution in [0.2, 0.25) is 5.02 Å². The molecule has 1 N–H and O–H groups in total. The van der Waals surface area contributed by atoms with Gasteiger partial charge in [-0.05, 0) is 30.3 Å². The Bertz CT molecular complexity index is 604. The Kier molecular flexibility index (Phi) is 4.69. The van der Waals surface area contributed by atoms with Gasteiger partial charge in [-0.3, -0.25) is 0 Å². The number of hydrogen-bond acceptors (Lipinski definition) is 3. The molecule has 3 nitrogen and oxygen atoms in total. The largest absolute Gasteiger partial charge is 0.497 e. The van der Waals surface area contributed by atoms with E-state index in [0.29, 0.717) is 6.54 Å². The maximum absolute atomic E-state index is 13.1. The summed E-state index contributed by atoms with van der Waals surface area (Å²) in [4.78, 5) is 0. The quantitative estimate of drug-likeness (QED) is 0.900. The minimum atomic E-state index is -0.431. The average molecular weight is 296 g/mol. The van der Waals surface area contributed by atoms with E-state index in [2.05, 4.69) is 5.32 Å². The number of anilines is 1. The van der Waals surface area contributed by atoms with Gasteiger partial charge in [0.05, 0.1) is 19.2 Å². The Hall–Kier alpha value is -1.94. The first-order valence-corrected chi connectivity index (χ1v) is 6.41. The maximum atomic E-state index is 13.1. The molecule has 106 valence electrons. The highest BCUT2D eigenvalue weighted by atomic mass is 35.5. The predicted molar refractivity (Wildman–Crippen MR) is 78.3 cm³/mol. The number of halogens is 2. The summed E-state index contributed by atoms with van der Waals surface area (Å²) in [5.74, 6) is 1.03. The van der Waals surface area contributed by atoms with Gasteiger partial charge >= 0.3 is 0 Å². The van der Waals surface area contributed by atoms with E-state index in [1.165, 1.54) is 6.07 Å². The second-order valence-electron chi connectivity index (χ2n) is 4.16. The fourth-order valence-corrected chi connectivity index (χ4v) is 1.98. The number of ether oxygens (including phenoxy) is 2. The summed E-state index contributed by atoms with van der Waals surface area (Å²) < 4.78 is 23.5. The molecule has 0 amide bonds. The molecule has 0 aliphatic carbocycles. The van der Waals surface area contributed by atoms with Crippen molar-refractivity contribution in [2.75, 3.05) is 19.5 Å². The molecule has 0 aliphatic heterocycles. The third kappa shape index (κ3) is 3.33. The lowest BCUT2D eigenvalue weighted by molar-refractivity contribution is 0.391. The molecule has 0 aromatic heterocycles. The molecule has 0 atom stereocenters. The van der Waals surface area contributed by atoms with Gasteiger partial charge in [-0.25, -0.2) is 4.39 Å². The van der Waals surface area contributed by atoms with Crippen molar-refractivity contribution in [2.24, 2.45) is 0 Å². The van der Waals surface area contributed by atoms with Crippen LogP contribution in [0.25, 0.3) is 0 Å². The van der Waals surface area contributed by atoms with Crippen LogP contribution in [0, 0.1) is 5.82 Å². The first-order valence-electron chi connectivity index (χ1n) is 6.04. The van der Waals surface area contributed by atoms with Crippen molar-refractivity contribution in [3.05, 3.63) is 52.8 Å². The van der Waals surface area contributed by atoms with E-state index >= 15 is 0 Å². The Morgan fingerprint density at radius 1 is 1.10 bits per heavy atom. The van der Waals surface area contributed by atoms with Crippen LogP contribution in [0.1, 0.15) is 5.56 Å². The fourth-order valence-electron chi connectivity index (χ4n) is 1.80. The standard InChI is InChI=1S/C15H15ClFNO2/c1-19-12-5-3-10(15(8-12)20-2)9-18-11-4-6-14(17)13(16)7-11/h3-8,18H,9H2,1-2H3. The zero-order valence-corrected chi connectivity index (χ0v) is 12.0. The Morgan fingerprint density at radius 3 is 2.55 bits per heavy atom. The molecule has 0 saturated heterocycles. The fraction of sp³-hybridized carbons (Fsp3) is 0.200. The lowest BCUT2D eigenvalue weighted by Gasteiger charge is -2.12. The second-order valence-corrected chi connectivity index (χ2v) is 4.57. The number of benzene rings is 2. The number of hydrogen-bond donors (Lipinski definition) is 1. The van der Waals surface area contributed by atoms with E-state index in [4.69, 9.17) is 21.1 Å². The molecular weight excluding hydrogens is 281 g/mol. The van der Waals surface area contributed by atoms with E-state index < -0.39 is 5.82 Å². The van der Waals surface area contributed by atoms with Crippen LogP contribution in [0.5, 0.6) is 11.5 Å². The van der Waals surface area contributed by atoms with Crippen LogP contribution in [-0.2, 0) is 6.54 Å². The van der Waals surface area contributed by atoms with E-state index in [1.807, 2.05) is 18.2 Å². The summed E-state index contributed by atoms with van der Waals surface area (Å²) in [7, 11) is 3.21. The van der Waals surface area contributed by atoms with Crippen molar-refractivity contribution in [1.29, 1.82) is 0 Å². The molecule has 0 heterocycles. The highest BCUT2D eigenvalue weighted by Crippen LogP contribution is 2.26. The maximum Gasteiger partial charge on any atom is 0.141 e. The molecule has 20 heavy (non-hydrogen) atoms. The van der Waals surface area contributed by atoms with Gasteiger partial charge in [0.25, 0.3) is 0 Å². The molecule has 0 saturated carbocycles. The Morgan fingerprint density at radius 2 is 1.90 bits per heavy atom. The molecule has 0 bridgehead atoms. The van der Waals surface area contributed by atoms with Gasteiger partial charge in [0.1, 0.15) is 17.3 Å². The summed E-state index contributed by atoms with van der Waals surface area (Å²) in [5.41, 5.74) is 1.71. The average Bonchev–Trinajstić information content (AvgIpc) is 2.48. The van der Waals surface area contributed by atoms with Crippen molar-refractivity contribution >= 4 is 17.3 Å². The summed E-state index contributed by atoms with van der Waals surface area (Å²) in [6.07, 6.45) is 0. The molecule has 0 spiro atoms. The van der Waals surface area contributed by atoms with Gasteiger partial charge in [-0.1, -0.05) is 11.6 Å². The predicted octanol–water partition coefficient (Wildman–Crippen LogP) is 4.11. The van der Waals surface area contributed by atoms with Crippen LogP contribution in [0.15, 0.2) is 36.4 Å². The van der Waals surface area contributed by atoms with Crippen LogP contribution in [0.3, 0.4) is 0 Å². The summed E-state index contributed by atoms with van der Waals surface area (Å²) in [5, 5.41) is 3.26. The monoisotopic (exact) mass is 295 g/mol. The zero-order chi connectivity index (χ0) is 14.5. The molecule has 0 fully saturated rings. The zero-order valence-electron chi connectivity index (χ0n) is 11.2. The SMILES string of the molecule is COc1ccc(CNc2ccc(F)c(Cl)c2)c(OC)c1. The van der Waals surface area contributed by atoms with E-state index in [0.717, 1.165) is 22.7 Å². The number of rotatable bonds is 5. The highest BCUT2D eigenvalue weighted by Gasteiger charge is 2.06. The van der Waals surface area contributed by atoms with Crippen molar-refractivity contribution in [3.8, 4) is 11.5 Å². The number of methoxy groups -OCH3 is 2. The topological polar surface area (TPSA) is 30.5 Å². The Labute approximate surface area is 122 Å². The summed E-state index contributed by atoms with van der Waals surface area (Å²) in [6.45, 7) is 0.537. The first-order chi connectivity index (χ1) is 9.63. The minimum absolute atomic E-state index is 0.0942. The first kappa shape index (κ1) is 14.5. The summed E-state index contributed by atoms with van der Waals surface area (Å²) in [6, 6.07) is 10.1. The lowest BCUT2D eigenvalue weighted by Crippen LogP contribution is -2.02. The molecule has 2 rings (SSSR count). The lowest BCUT2D eigenvalue weighted by atomic mass is 10.2. The number of nitrogens with one attached hydrogen (secondary N) is 1. The molecule has 5 heteroatoms. The smallest absolute Gasteiger partial charge is 0.141 e. The molecule has 0 aliphatic rings. The van der Waals surface area contributed by atoms with E-state index in [9.17, 15) is 4.39 Å². The van der Waals surface area contributed by atoms with Crippen molar-refractivity contribution in [1.82, 2.24) is 0 Å². The van der Waals surface area contributed by atoms with E-state index in [1.54, 1.807) is 26.4 Å². The molecule has 0 unspecified atom stereocenters. The van der Waals surface area contributed by atoms with Crippen molar-refractivity contribution in [3.63, 3.8) is 0 Å². The van der Waals surface area contributed by atoms with E-state index in [-0.39, 0.29) is 5.02 Å². The van der Waals surface area contributed by atoms with Crippen molar-refractivity contribution in [2.45, 2.75) is 6.54 Å². The van der Waals surface area contributed by atoms with Crippen LogP contribution in [-0.4, -0.2) is 14.2 Å². The second kappa shape index (κ2) is 6.48. The van der Waals surface area contributed by atoms with Gasteiger partial charge in [0, 0.05) is 23.9 Å². The van der Waals surface area contributed by atoms with Crippen LogP contribution >= 0.6 is 11.6 Å². The van der Waals surface area contributed by atoms with Gasteiger partial charge in [-0.15, -0.1) is 0 Å². The summed E-state index contributed by atoms with van der Waals surface area (Å²) >= 11 is 5.74. The van der Waals surface area contributed by atoms with Crippen LogP contribution < -0.4 is 14.8 Å². The Balaban J connectivity index is 2.12. The highest BCUT2D eigenvalue weighted by molar-refractivity contribution is 6.31. The van der Waals surface area contributed by atoms with Crippen LogP contribution in [0.4, 0.5) is 10.1 Å². The van der Waals surface area contributed by atoms with Gasteiger partial charge in [0.15, 0.2) is 0 Å². The van der Waals surface area contributed by atoms with Gasteiger partial charge < -0.3 is 14.8 Å². The third-order valence-corrected chi connectivity index (χ3v) is 3.19. The minimum Gasteiger partial charge on any atom is -0.497 e. The molecule has 2 aromatic carbocycles. The van der Waals surface area contributed by atoms with Gasteiger partial charge in [0.2, 0.25) is 0 Å². The molecular formula is C15H15ClFNO2.